The van der Waals surface area contributed by atoms with E-state index in [1.54, 1.807) is 18.2 Å². The second-order valence-electron chi connectivity index (χ2n) is 5.03. The number of carbonyl (C=O) groups is 2. The molecule has 0 saturated carbocycles. The first kappa shape index (κ1) is 16.0. The van der Waals surface area contributed by atoms with E-state index >= 15 is 0 Å². The Kier molecular flexibility index (Phi) is 5.17. The van der Waals surface area contributed by atoms with Gasteiger partial charge in [-0.2, -0.15) is 0 Å². The molecule has 0 radical (unpaired) electrons. The van der Waals surface area contributed by atoms with Crippen LogP contribution >= 0.6 is 11.6 Å². The summed E-state index contributed by atoms with van der Waals surface area (Å²) < 4.78 is 0. The highest BCUT2D eigenvalue weighted by Gasteiger charge is 2.14. The minimum absolute atomic E-state index is 0.313. The van der Waals surface area contributed by atoms with E-state index in [1.165, 1.54) is 0 Å². The average Bonchev–Trinajstić information content (AvgIpc) is 2.50. The Morgan fingerprint density at radius 1 is 1.00 bits per heavy atom. The Bertz CT molecular complexity index is 714. The molecular weight excluding hydrogens is 300 g/mol. The fourth-order valence-electron chi connectivity index (χ4n) is 1.92. The van der Waals surface area contributed by atoms with E-state index in [-0.39, 0.29) is 0 Å². The molecule has 0 aliphatic rings. The summed E-state index contributed by atoms with van der Waals surface area (Å²) in [6, 6.07) is 12.8. The lowest BCUT2D eigenvalue weighted by molar-refractivity contribution is -0.136. The molecule has 0 heterocycles. The van der Waals surface area contributed by atoms with Crippen LogP contribution in [0.2, 0.25) is 5.02 Å². The number of aryl methyl sites for hydroxylation is 2. The second kappa shape index (κ2) is 7.09. The molecule has 0 unspecified atom stereocenters. The molecule has 22 heavy (non-hydrogen) atoms. The van der Waals surface area contributed by atoms with Crippen molar-refractivity contribution in [3.8, 4) is 0 Å². The molecule has 0 aliphatic carbocycles. The highest BCUT2D eigenvalue weighted by molar-refractivity contribution is 6.39. The van der Waals surface area contributed by atoms with Gasteiger partial charge in [-0.05, 0) is 42.7 Å². The summed E-state index contributed by atoms with van der Waals surface area (Å²) in [7, 11) is 0. The van der Waals surface area contributed by atoms with Crippen molar-refractivity contribution >= 4 is 29.1 Å². The number of halogens is 1. The van der Waals surface area contributed by atoms with Gasteiger partial charge in [-0.25, -0.2) is 0 Å². The van der Waals surface area contributed by atoms with Crippen LogP contribution < -0.4 is 10.6 Å². The zero-order valence-electron chi connectivity index (χ0n) is 12.4. The van der Waals surface area contributed by atoms with Gasteiger partial charge in [0.15, 0.2) is 0 Å². The maximum atomic E-state index is 11.8. The lowest BCUT2D eigenvalue weighted by Gasteiger charge is -2.09. The quantitative estimate of drug-likeness (QED) is 0.854. The van der Waals surface area contributed by atoms with Crippen LogP contribution in [-0.2, 0) is 16.1 Å². The van der Waals surface area contributed by atoms with Crippen molar-refractivity contribution in [2.75, 3.05) is 5.32 Å². The smallest absolute Gasteiger partial charge is 0.313 e. The Hall–Kier alpha value is -2.33. The number of hydrogen-bond donors (Lipinski definition) is 2. The lowest BCUT2D eigenvalue weighted by Crippen LogP contribution is -2.35. The summed E-state index contributed by atoms with van der Waals surface area (Å²) in [6.45, 7) is 4.13. The number of rotatable bonds is 3. The van der Waals surface area contributed by atoms with Gasteiger partial charge in [0.2, 0.25) is 0 Å². The SMILES string of the molecule is Cc1ccc(NC(=O)C(=O)NCc2ccccc2C)cc1Cl. The van der Waals surface area contributed by atoms with Crippen LogP contribution in [0.25, 0.3) is 0 Å². The first-order valence-corrected chi connectivity index (χ1v) is 7.25. The third-order valence-corrected chi connectivity index (χ3v) is 3.74. The number of hydrogen-bond acceptors (Lipinski definition) is 2. The minimum Gasteiger partial charge on any atom is -0.344 e. The Morgan fingerprint density at radius 3 is 2.41 bits per heavy atom. The summed E-state index contributed by atoms with van der Waals surface area (Å²) >= 11 is 5.98. The van der Waals surface area contributed by atoms with Crippen molar-refractivity contribution in [1.82, 2.24) is 5.32 Å². The van der Waals surface area contributed by atoms with Crippen molar-refractivity contribution in [3.05, 3.63) is 64.2 Å². The van der Waals surface area contributed by atoms with E-state index in [0.29, 0.717) is 17.3 Å². The van der Waals surface area contributed by atoms with Crippen molar-refractivity contribution in [2.45, 2.75) is 20.4 Å². The molecule has 0 aromatic heterocycles. The Labute approximate surface area is 134 Å². The van der Waals surface area contributed by atoms with Crippen molar-refractivity contribution in [1.29, 1.82) is 0 Å². The third-order valence-electron chi connectivity index (χ3n) is 3.34. The highest BCUT2D eigenvalue weighted by atomic mass is 35.5. The second-order valence-corrected chi connectivity index (χ2v) is 5.43. The number of benzene rings is 2. The molecule has 2 N–H and O–H groups in total. The van der Waals surface area contributed by atoms with E-state index in [0.717, 1.165) is 16.7 Å². The van der Waals surface area contributed by atoms with Gasteiger partial charge in [-0.1, -0.05) is 41.9 Å². The summed E-state index contributed by atoms with van der Waals surface area (Å²) in [4.78, 5) is 23.7. The normalized spacial score (nSPS) is 10.1. The van der Waals surface area contributed by atoms with E-state index in [9.17, 15) is 9.59 Å². The zero-order valence-corrected chi connectivity index (χ0v) is 13.2. The van der Waals surface area contributed by atoms with Gasteiger partial charge >= 0.3 is 11.8 Å². The maximum absolute atomic E-state index is 11.8. The van der Waals surface area contributed by atoms with E-state index in [2.05, 4.69) is 10.6 Å². The number of nitrogens with one attached hydrogen (secondary N) is 2. The maximum Gasteiger partial charge on any atom is 0.313 e. The van der Waals surface area contributed by atoms with Gasteiger partial charge in [-0.3, -0.25) is 9.59 Å². The highest BCUT2D eigenvalue weighted by Crippen LogP contribution is 2.19. The molecule has 0 aliphatic heterocycles. The zero-order chi connectivity index (χ0) is 16.1. The molecule has 2 amide bonds. The molecule has 2 aromatic rings. The molecule has 0 spiro atoms. The van der Waals surface area contributed by atoms with Gasteiger partial charge in [0.1, 0.15) is 0 Å². The van der Waals surface area contributed by atoms with Crippen LogP contribution in [0.15, 0.2) is 42.5 Å². The molecule has 0 bridgehead atoms. The van der Waals surface area contributed by atoms with Crippen LogP contribution in [-0.4, -0.2) is 11.8 Å². The standard InChI is InChI=1S/C17H17ClN2O2/c1-11-5-3-4-6-13(11)10-19-16(21)17(22)20-14-8-7-12(2)15(18)9-14/h3-9H,10H2,1-2H3,(H,19,21)(H,20,22). The third kappa shape index (κ3) is 4.09. The topological polar surface area (TPSA) is 58.2 Å². The fourth-order valence-corrected chi connectivity index (χ4v) is 2.10. The Balaban J connectivity index is 1.93. The predicted molar refractivity (Wildman–Crippen MR) is 87.8 cm³/mol. The summed E-state index contributed by atoms with van der Waals surface area (Å²) in [5.41, 5.74) is 3.44. The van der Waals surface area contributed by atoms with Crippen molar-refractivity contribution < 1.29 is 9.59 Å². The average molecular weight is 317 g/mol. The first-order chi connectivity index (χ1) is 10.5. The minimum atomic E-state index is -0.714. The largest absolute Gasteiger partial charge is 0.344 e. The molecular formula is C17H17ClN2O2. The molecule has 5 heteroatoms. The summed E-state index contributed by atoms with van der Waals surface area (Å²) in [5.74, 6) is -1.39. The van der Waals surface area contributed by atoms with Gasteiger partial charge in [0.25, 0.3) is 0 Å². The molecule has 2 rings (SSSR count). The van der Waals surface area contributed by atoms with E-state index in [4.69, 9.17) is 11.6 Å². The van der Waals surface area contributed by atoms with Gasteiger partial charge < -0.3 is 10.6 Å². The van der Waals surface area contributed by atoms with Crippen LogP contribution in [0.1, 0.15) is 16.7 Å². The number of amides is 2. The molecule has 2 aromatic carbocycles. The van der Waals surface area contributed by atoms with Crippen LogP contribution in [0, 0.1) is 13.8 Å². The van der Waals surface area contributed by atoms with Gasteiger partial charge in [-0.15, -0.1) is 0 Å². The van der Waals surface area contributed by atoms with Gasteiger partial charge in [0, 0.05) is 17.3 Å². The lowest BCUT2D eigenvalue weighted by atomic mass is 10.1. The molecule has 4 nitrogen and oxygen atoms in total. The molecule has 0 saturated heterocycles. The molecule has 114 valence electrons. The van der Waals surface area contributed by atoms with Crippen LogP contribution in [0.5, 0.6) is 0 Å². The number of anilines is 1. The molecule has 0 atom stereocenters. The first-order valence-electron chi connectivity index (χ1n) is 6.87. The van der Waals surface area contributed by atoms with Crippen LogP contribution in [0.3, 0.4) is 0 Å². The molecule has 0 fully saturated rings. The fraction of sp³-hybridized carbons (Fsp3) is 0.176. The predicted octanol–water partition coefficient (Wildman–Crippen LogP) is 3.21. The van der Waals surface area contributed by atoms with Crippen molar-refractivity contribution in [2.24, 2.45) is 0 Å². The van der Waals surface area contributed by atoms with E-state index < -0.39 is 11.8 Å². The van der Waals surface area contributed by atoms with Crippen LogP contribution in [0.4, 0.5) is 5.69 Å². The number of carbonyl (C=O) groups excluding carboxylic acids is 2. The van der Waals surface area contributed by atoms with Gasteiger partial charge in [0.05, 0.1) is 0 Å². The summed E-state index contributed by atoms with van der Waals surface area (Å²) in [6.07, 6.45) is 0. The summed E-state index contributed by atoms with van der Waals surface area (Å²) in [5, 5.41) is 5.67. The van der Waals surface area contributed by atoms with Crippen molar-refractivity contribution in [3.63, 3.8) is 0 Å². The monoisotopic (exact) mass is 316 g/mol. The van der Waals surface area contributed by atoms with E-state index in [1.807, 2.05) is 38.1 Å². The Morgan fingerprint density at radius 2 is 1.73 bits per heavy atom.